The van der Waals surface area contributed by atoms with Crippen LogP contribution in [-0.4, -0.2) is 18.2 Å². The molecule has 0 atom stereocenters. The maximum atomic E-state index is 12.4. The molecule has 0 spiro atoms. The zero-order chi connectivity index (χ0) is 22.5. The van der Waals surface area contributed by atoms with Gasteiger partial charge in [0.1, 0.15) is 6.61 Å². The molecular weight excluding hydrogens is 512 g/mol. The van der Waals surface area contributed by atoms with Crippen LogP contribution in [0.3, 0.4) is 0 Å². The number of hydrogen-bond donors (Lipinski definition) is 1. The second kappa shape index (κ2) is 10.3. The number of halogens is 2. The van der Waals surface area contributed by atoms with Crippen molar-refractivity contribution in [2.75, 3.05) is 7.11 Å². The maximum absolute atomic E-state index is 12.4. The van der Waals surface area contributed by atoms with Gasteiger partial charge in [-0.05, 0) is 81.3 Å². The molecule has 5 nitrogen and oxygen atoms in total. The number of rotatable bonds is 6. The van der Waals surface area contributed by atoms with Crippen molar-refractivity contribution in [2.24, 2.45) is 4.99 Å². The molecule has 1 saturated heterocycles. The molecule has 1 aliphatic heterocycles. The van der Waals surface area contributed by atoms with Gasteiger partial charge in [0.15, 0.2) is 16.7 Å². The summed E-state index contributed by atoms with van der Waals surface area (Å²) in [6.45, 7) is 0.416. The van der Waals surface area contributed by atoms with E-state index in [9.17, 15) is 4.79 Å². The number of thioether (sulfide) groups is 1. The predicted molar refractivity (Wildman–Crippen MR) is 134 cm³/mol. The van der Waals surface area contributed by atoms with Crippen LogP contribution < -0.4 is 14.8 Å². The number of benzene rings is 3. The summed E-state index contributed by atoms with van der Waals surface area (Å²) in [6, 6.07) is 20.7. The van der Waals surface area contributed by atoms with E-state index in [-0.39, 0.29) is 5.91 Å². The quantitative estimate of drug-likeness (QED) is 0.366. The summed E-state index contributed by atoms with van der Waals surface area (Å²) in [6.07, 6.45) is 1.79. The molecule has 32 heavy (non-hydrogen) atoms. The van der Waals surface area contributed by atoms with E-state index in [0.717, 1.165) is 15.6 Å². The van der Waals surface area contributed by atoms with Crippen molar-refractivity contribution in [3.63, 3.8) is 0 Å². The molecule has 0 radical (unpaired) electrons. The number of aliphatic imine (C=N–C) groups is 1. The van der Waals surface area contributed by atoms with Crippen molar-refractivity contribution >= 4 is 62.1 Å². The molecule has 1 N–H and O–H groups in total. The number of nitrogens with one attached hydrogen (secondary N) is 1. The topological polar surface area (TPSA) is 59.9 Å². The van der Waals surface area contributed by atoms with Gasteiger partial charge in [-0.3, -0.25) is 4.79 Å². The van der Waals surface area contributed by atoms with Gasteiger partial charge in [0.05, 0.1) is 22.2 Å². The Balaban J connectivity index is 1.53. The van der Waals surface area contributed by atoms with Crippen LogP contribution in [0.2, 0.25) is 5.02 Å². The van der Waals surface area contributed by atoms with Gasteiger partial charge >= 0.3 is 0 Å². The molecule has 1 aliphatic rings. The van der Waals surface area contributed by atoms with Crippen LogP contribution in [0.5, 0.6) is 11.5 Å². The molecule has 1 fully saturated rings. The third kappa shape index (κ3) is 5.54. The number of nitrogens with zero attached hydrogens (tertiary/aromatic N) is 1. The Hall–Kier alpha value is -2.74. The van der Waals surface area contributed by atoms with Gasteiger partial charge in [0.25, 0.3) is 5.91 Å². The summed E-state index contributed by atoms with van der Waals surface area (Å²) in [5.41, 5.74) is 2.56. The molecule has 0 unspecified atom stereocenters. The minimum absolute atomic E-state index is 0.206. The van der Waals surface area contributed by atoms with Crippen molar-refractivity contribution in [1.29, 1.82) is 0 Å². The second-order valence-electron chi connectivity index (χ2n) is 6.77. The molecule has 162 valence electrons. The SMILES string of the molecule is COc1cc(/C=C2\SC(=Nc3ccc(Cl)cc3)NC2=O)cc(Br)c1OCc1ccccc1. The zero-order valence-electron chi connectivity index (χ0n) is 17.0. The van der Waals surface area contributed by atoms with E-state index in [2.05, 4.69) is 26.2 Å². The lowest BCUT2D eigenvalue weighted by atomic mass is 10.2. The highest BCUT2D eigenvalue weighted by Gasteiger charge is 2.24. The fourth-order valence-electron chi connectivity index (χ4n) is 2.96. The molecule has 4 rings (SSSR count). The number of methoxy groups -OCH3 is 1. The van der Waals surface area contributed by atoms with Gasteiger partial charge in [-0.2, -0.15) is 0 Å². The molecule has 0 aromatic heterocycles. The summed E-state index contributed by atoms with van der Waals surface area (Å²) >= 11 is 10.7. The normalized spacial score (nSPS) is 15.8. The summed E-state index contributed by atoms with van der Waals surface area (Å²) < 4.78 is 12.2. The first-order valence-electron chi connectivity index (χ1n) is 9.61. The highest BCUT2D eigenvalue weighted by Crippen LogP contribution is 2.38. The van der Waals surface area contributed by atoms with Crippen LogP contribution in [0.25, 0.3) is 6.08 Å². The number of hydrogen-bond acceptors (Lipinski definition) is 5. The number of carbonyl (C=O) groups excluding carboxylic acids is 1. The van der Waals surface area contributed by atoms with E-state index in [1.54, 1.807) is 37.5 Å². The van der Waals surface area contributed by atoms with Crippen molar-refractivity contribution in [3.8, 4) is 11.5 Å². The standard InChI is InChI=1S/C24H18BrClN2O3S/c1-30-20-12-16(11-19(25)22(20)31-14-15-5-3-2-4-6-15)13-21-23(29)28-24(32-21)27-18-9-7-17(26)8-10-18/h2-13H,14H2,1H3,(H,27,28,29)/b21-13-. The van der Waals surface area contributed by atoms with Crippen molar-refractivity contribution in [3.05, 3.63) is 92.3 Å². The van der Waals surface area contributed by atoms with Crippen LogP contribution in [-0.2, 0) is 11.4 Å². The third-order valence-electron chi connectivity index (χ3n) is 4.48. The Bertz CT molecular complexity index is 1200. The smallest absolute Gasteiger partial charge is 0.264 e. The first-order chi connectivity index (χ1) is 15.5. The van der Waals surface area contributed by atoms with E-state index in [4.69, 9.17) is 21.1 Å². The van der Waals surface area contributed by atoms with E-state index in [1.807, 2.05) is 42.5 Å². The van der Waals surface area contributed by atoms with Crippen LogP contribution >= 0.6 is 39.3 Å². The van der Waals surface area contributed by atoms with Gasteiger partial charge in [-0.15, -0.1) is 0 Å². The fourth-order valence-corrected chi connectivity index (χ4v) is 4.50. The first kappa shape index (κ1) is 22.5. The highest BCUT2D eigenvalue weighted by molar-refractivity contribution is 9.10. The van der Waals surface area contributed by atoms with Crippen LogP contribution in [0.15, 0.2) is 81.1 Å². The van der Waals surface area contributed by atoms with Crippen molar-refractivity contribution in [2.45, 2.75) is 6.61 Å². The van der Waals surface area contributed by atoms with E-state index in [0.29, 0.717) is 38.9 Å². The number of amides is 1. The zero-order valence-corrected chi connectivity index (χ0v) is 20.1. The van der Waals surface area contributed by atoms with Gasteiger partial charge in [-0.1, -0.05) is 41.9 Å². The summed E-state index contributed by atoms with van der Waals surface area (Å²) in [4.78, 5) is 17.4. The van der Waals surface area contributed by atoms with Crippen molar-refractivity contribution in [1.82, 2.24) is 5.32 Å². The molecule has 0 bridgehead atoms. The summed E-state index contributed by atoms with van der Waals surface area (Å²) in [5.74, 6) is 0.967. The van der Waals surface area contributed by atoms with Crippen LogP contribution in [0.1, 0.15) is 11.1 Å². The average molecular weight is 530 g/mol. The monoisotopic (exact) mass is 528 g/mol. The highest BCUT2D eigenvalue weighted by atomic mass is 79.9. The van der Waals surface area contributed by atoms with Gasteiger partial charge < -0.3 is 14.8 Å². The van der Waals surface area contributed by atoms with Crippen molar-refractivity contribution < 1.29 is 14.3 Å². The Labute approximate surface area is 203 Å². The Kier molecular flexibility index (Phi) is 7.19. The molecule has 1 amide bonds. The Morgan fingerprint density at radius 1 is 1.12 bits per heavy atom. The van der Waals surface area contributed by atoms with E-state index in [1.165, 1.54) is 11.8 Å². The number of amidine groups is 1. The Morgan fingerprint density at radius 3 is 2.59 bits per heavy atom. The molecule has 8 heteroatoms. The van der Waals surface area contributed by atoms with Crippen LogP contribution in [0, 0.1) is 0 Å². The van der Waals surface area contributed by atoms with Gasteiger partial charge in [0, 0.05) is 5.02 Å². The summed E-state index contributed by atoms with van der Waals surface area (Å²) in [7, 11) is 1.59. The summed E-state index contributed by atoms with van der Waals surface area (Å²) in [5, 5.41) is 3.93. The van der Waals surface area contributed by atoms with Gasteiger partial charge in [-0.25, -0.2) is 4.99 Å². The molecule has 0 aliphatic carbocycles. The fraction of sp³-hybridized carbons (Fsp3) is 0.0833. The molecule has 1 heterocycles. The number of carbonyl (C=O) groups is 1. The molecule has 0 saturated carbocycles. The van der Waals surface area contributed by atoms with E-state index >= 15 is 0 Å². The lowest BCUT2D eigenvalue weighted by Crippen LogP contribution is -2.19. The van der Waals surface area contributed by atoms with E-state index < -0.39 is 0 Å². The predicted octanol–water partition coefficient (Wildman–Crippen LogP) is 6.58. The number of ether oxygens (including phenoxy) is 2. The maximum Gasteiger partial charge on any atom is 0.264 e. The lowest BCUT2D eigenvalue weighted by molar-refractivity contribution is -0.115. The largest absolute Gasteiger partial charge is 0.493 e. The molecular formula is C24H18BrClN2O3S. The minimum atomic E-state index is -0.206. The lowest BCUT2D eigenvalue weighted by Gasteiger charge is -2.13. The van der Waals surface area contributed by atoms with Gasteiger partial charge in [0.2, 0.25) is 0 Å². The minimum Gasteiger partial charge on any atom is -0.493 e. The third-order valence-corrected chi connectivity index (χ3v) is 6.23. The van der Waals surface area contributed by atoms with Crippen LogP contribution in [0.4, 0.5) is 5.69 Å². The Morgan fingerprint density at radius 2 is 1.88 bits per heavy atom. The molecule has 3 aromatic rings. The average Bonchev–Trinajstić information content (AvgIpc) is 3.13. The second-order valence-corrected chi connectivity index (χ2v) is 9.09. The molecule has 3 aromatic carbocycles. The first-order valence-corrected chi connectivity index (χ1v) is 11.6.